The van der Waals surface area contributed by atoms with Gasteiger partial charge < -0.3 is 9.16 Å². The zero-order valence-corrected chi connectivity index (χ0v) is 25.8. The van der Waals surface area contributed by atoms with E-state index in [9.17, 15) is 0 Å². The monoisotopic (exact) mass is 618 g/mol. The number of rotatable bonds is 11. The van der Waals surface area contributed by atoms with Crippen molar-refractivity contribution in [2.45, 2.75) is 70.9 Å². The quantitative estimate of drug-likeness (QED) is 0.144. The molecule has 35 heavy (non-hydrogen) atoms. The Morgan fingerprint density at radius 1 is 1.03 bits per heavy atom. The van der Waals surface area contributed by atoms with E-state index < -0.39 is 8.32 Å². The molecular formula is C30H40Br2O2Si. The molecule has 2 nitrogen and oxygen atoms in total. The molecule has 1 heterocycles. The van der Waals surface area contributed by atoms with Gasteiger partial charge in [-0.15, -0.1) is 0 Å². The van der Waals surface area contributed by atoms with E-state index >= 15 is 0 Å². The highest BCUT2D eigenvalue weighted by Crippen LogP contribution is 2.37. The maximum Gasteiger partial charge on any atom is 0.261 e. The summed E-state index contributed by atoms with van der Waals surface area (Å²) in [6.45, 7) is 11.0. The van der Waals surface area contributed by atoms with Crippen molar-refractivity contribution in [1.82, 2.24) is 0 Å². The van der Waals surface area contributed by atoms with Crippen LogP contribution in [0.15, 0.2) is 81.8 Å². The van der Waals surface area contributed by atoms with Gasteiger partial charge in [0.05, 0.1) is 16.1 Å². The third kappa shape index (κ3) is 7.75. The molecule has 2 atom stereocenters. The van der Waals surface area contributed by atoms with E-state index in [4.69, 9.17) is 9.16 Å². The summed E-state index contributed by atoms with van der Waals surface area (Å²) in [4.78, 5) is 0. The maximum atomic E-state index is 7.05. The second-order valence-electron chi connectivity index (χ2n) is 10.5. The first-order valence-electron chi connectivity index (χ1n) is 12.8. The van der Waals surface area contributed by atoms with Crippen LogP contribution in [0.5, 0.6) is 0 Å². The fourth-order valence-electron chi connectivity index (χ4n) is 5.18. The van der Waals surface area contributed by atoms with Crippen LogP contribution in [0.3, 0.4) is 0 Å². The first-order chi connectivity index (χ1) is 16.7. The molecular weight excluding hydrogens is 580 g/mol. The van der Waals surface area contributed by atoms with Crippen LogP contribution in [-0.2, 0) is 9.16 Å². The zero-order chi connectivity index (χ0) is 25.3. The summed E-state index contributed by atoms with van der Waals surface area (Å²) in [6, 6.07) is 21.9. The zero-order valence-electron chi connectivity index (χ0n) is 21.6. The van der Waals surface area contributed by atoms with Crippen LogP contribution < -0.4 is 10.4 Å². The predicted molar refractivity (Wildman–Crippen MR) is 160 cm³/mol. The summed E-state index contributed by atoms with van der Waals surface area (Å²) in [6.07, 6.45) is 10.1. The molecule has 1 aliphatic rings. The van der Waals surface area contributed by atoms with Gasteiger partial charge in [0.15, 0.2) is 0 Å². The molecule has 190 valence electrons. The summed E-state index contributed by atoms with van der Waals surface area (Å²) >= 11 is 6.88. The molecule has 0 saturated heterocycles. The molecule has 1 aliphatic heterocycles. The number of benzene rings is 2. The minimum absolute atomic E-state index is 0.0312. The van der Waals surface area contributed by atoms with Gasteiger partial charge in [-0.25, -0.2) is 0 Å². The molecule has 0 radical (unpaired) electrons. The van der Waals surface area contributed by atoms with Crippen molar-refractivity contribution in [2.24, 2.45) is 5.92 Å². The van der Waals surface area contributed by atoms with E-state index in [0.717, 1.165) is 35.9 Å². The fraction of sp³-hybridized carbons (Fsp3) is 0.467. The molecule has 2 aromatic rings. The molecule has 5 heteroatoms. The van der Waals surface area contributed by atoms with Crippen molar-refractivity contribution in [3.8, 4) is 0 Å². The lowest BCUT2D eigenvalue weighted by Gasteiger charge is -2.43. The van der Waals surface area contributed by atoms with Crippen molar-refractivity contribution in [3.63, 3.8) is 0 Å². The Kier molecular flexibility index (Phi) is 11.0. The van der Waals surface area contributed by atoms with Gasteiger partial charge in [0.1, 0.15) is 0 Å². The van der Waals surface area contributed by atoms with Gasteiger partial charge in [-0.1, -0.05) is 113 Å². The molecule has 0 spiro atoms. The number of unbranched alkanes of at least 4 members (excludes halogenated alkanes) is 1. The van der Waals surface area contributed by atoms with Gasteiger partial charge in [-0.3, -0.25) is 0 Å². The van der Waals surface area contributed by atoms with Gasteiger partial charge in [0.2, 0.25) is 0 Å². The summed E-state index contributed by atoms with van der Waals surface area (Å²) in [7, 11) is -2.43. The highest BCUT2D eigenvalue weighted by molar-refractivity contribution is 9.28. The molecule has 0 bridgehead atoms. The lowest BCUT2D eigenvalue weighted by molar-refractivity contribution is 0.0760. The summed E-state index contributed by atoms with van der Waals surface area (Å²) < 4.78 is 14.0. The minimum Gasteiger partial charge on any atom is -0.407 e. The number of hydrogen-bond acceptors (Lipinski definition) is 2. The SMILES string of the molecule is CC(CCCCO[Si](c1ccccc1)(c1ccccc1)C(C)(C)C)C1=CC(CC=C(Br)Br)OCC1. The molecule has 0 aromatic heterocycles. The maximum absolute atomic E-state index is 7.05. The topological polar surface area (TPSA) is 18.5 Å². The Labute approximate surface area is 230 Å². The third-order valence-corrected chi connectivity index (χ3v) is 12.7. The van der Waals surface area contributed by atoms with E-state index in [0.29, 0.717) is 5.92 Å². The Morgan fingerprint density at radius 2 is 1.63 bits per heavy atom. The van der Waals surface area contributed by atoms with Crippen LogP contribution in [0.25, 0.3) is 0 Å². The average Bonchev–Trinajstić information content (AvgIpc) is 2.85. The van der Waals surface area contributed by atoms with Gasteiger partial charge in [-0.05, 0) is 78.9 Å². The van der Waals surface area contributed by atoms with E-state index in [2.05, 4.69) is 132 Å². The Bertz CT molecular complexity index is 923. The van der Waals surface area contributed by atoms with Crippen LogP contribution in [-0.4, -0.2) is 27.6 Å². The van der Waals surface area contributed by atoms with Crippen LogP contribution in [0.1, 0.15) is 59.8 Å². The van der Waals surface area contributed by atoms with Crippen molar-refractivity contribution >= 4 is 50.6 Å². The number of hydrogen-bond donors (Lipinski definition) is 0. The van der Waals surface area contributed by atoms with Crippen LogP contribution in [0, 0.1) is 5.92 Å². The summed E-state index contributed by atoms with van der Waals surface area (Å²) in [5.41, 5.74) is 1.55. The molecule has 2 unspecified atom stereocenters. The van der Waals surface area contributed by atoms with Crippen molar-refractivity contribution in [1.29, 1.82) is 0 Å². The van der Waals surface area contributed by atoms with Gasteiger partial charge >= 0.3 is 0 Å². The largest absolute Gasteiger partial charge is 0.407 e. The molecule has 0 N–H and O–H groups in total. The van der Waals surface area contributed by atoms with Crippen LogP contribution in [0.4, 0.5) is 0 Å². The Morgan fingerprint density at radius 3 is 2.17 bits per heavy atom. The number of halogens is 2. The van der Waals surface area contributed by atoms with Crippen LogP contribution >= 0.6 is 31.9 Å². The lowest BCUT2D eigenvalue weighted by Crippen LogP contribution is -2.66. The normalized spacial score (nSPS) is 17.5. The van der Waals surface area contributed by atoms with E-state index in [-0.39, 0.29) is 11.1 Å². The first-order valence-corrected chi connectivity index (χ1v) is 16.3. The highest BCUT2D eigenvalue weighted by atomic mass is 79.9. The van der Waals surface area contributed by atoms with E-state index in [1.54, 1.807) is 5.57 Å². The molecule has 2 aromatic carbocycles. The number of ether oxygens (including phenoxy) is 1. The van der Waals surface area contributed by atoms with E-state index in [1.807, 2.05) is 0 Å². The lowest BCUT2D eigenvalue weighted by atomic mass is 9.90. The summed E-state index contributed by atoms with van der Waals surface area (Å²) in [5, 5.41) is 2.74. The van der Waals surface area contributed by atoms with Gasteiger partial charge in [0, 0.05) is 6.61 Å². The standard InChI is InChI=1S/C30H40Br2O2Si/c1-24(25-20-22-33-26(23-25)18-19-29(31)32)13-11-12-21-34-35(30(2,3)4,27-14-7-5-8-15-27)28-16-9-6-10-17-28/h5-10,14-17,19,23-24,26H,11-13,18,20-22H2,1-4H3. The molecule has 0 amide bonds. The second kappa shape index (κ2) is 13.5. The average molecular weight is 621 g/mol. The van der Waals surface area contributed by atoms with Gasteiger partial charge in [-0.2, -0.15) is 0 Å². The Hall–Kier alpha value is -0.983. The Balaban J connectivity index is 1.64. The fourth-order valence-corrected chi connectivity index (χ4v) is 10.2. The first kappa shape index (κ1) is 28.6. The smallest absolute Gasteiger partial charge is 0.261 e. The molecule has 0 aliphatic carbocycles. The van der Waals surface area contributed by atoms with Gasteiger partial charge in [0.25, 0.3) is 8.32 Å². The van der Waals surface area contributed by atoms with Crippen LogP contribution in [0.2, 0.25) is 5.04 Å². The minimum atomic E-state index is -2.43. The molecule has 3 rings (SSSR count). The van der Waals surface area contributed by atoms with Crippen molar-refractivity contribution in [2.75, 3.05) is 13.2 Å². The second-order valence-corrected chi connectivity index (χ2v) is 17.6. The molecule has 0 saturated carbocycles. The summed E-state index contributed by atoms with van der Waals surface area (Å²) in [5.74, 6) is 0.589. The predicted octanol–water partition coefficient (Wildman–Crippen LogP) is 8.11. The van der Waals surface area contributed by atoms with Crippen molar-refractivity contribution < 1.29 is 9.16 Å². The third-order valence-electron chi connectivity index (χ3n) is 7.03. The van der Waals surface area contributed by atoms with Crippen molar-refractivity contribution in [3.05, 3.63) is 81.8 Å². The highest BCUT2D eigenvalue weighted by Gasteiger charge is 2.49. The molecule has 0 fully saturated rings. The van der Waals surface area contributed by atoms with E-state index in [1.165, 1.54) is 23.2 Å².